The van der Waals surface area contributed by atoms with Crippen LogP contribution in [0.2, 0.25) is 0 Å². The first-order valence-corrected chi connectivity index (χ1v) is 7.03. The maximum atomic E-state index is 12.0. The van der Waals surface area contributed by atoms with Gasteiger partial charge in [-0.1, -0.05) is 18.7 Å². The van der Waals surface area contributed by atoms with Crippen LogP contribution in [-0.4, -0.2) is 37.1 Å². The Bertz CT molecular complexity index is 213. The molecule has 0 aromatic carbocycles. The highest BCUT2D eigenvalue weighted by Gasteiger charge is 2.30. The summed E-state index contributed by atoms with van der Waals surface area (Å²) in [6.07, 6.45) is 2.51. The highest BCUT2D eigenvalue weighted by Crippen LogP contribution is 2.32. The standard InChI is InChI=1S/C11H20F3NOS/c1-2-5-15-10-3-6-16-8-9(10)4-7-17-11(12,13)14/h9-10,15H,2-8H2,1H3. The minimum atomic E-state index is -4.11. The lowest BCUT2D eigenvalue weighted by molar-refractivity contribution is -0.0330. The van der Waals surface area contributed by atoms with Crippen LogP contribution in [0.15, 0.2) is 0 Å². The van der Waals surface area contributed by atoms with Crippen molar-refractivity contribution in [2.75, 3.05) is 25.5 Å². The van der Waals surface area contributed by atoms with Gasteiger partial charge in [-0.15, -0.1) is 0 Å². The largest absolute Gasteiger partial charge is 0.441 e. The molecule has 1 N–H and O–H groups in total. The monoisotopic (exact) mass is 271 g/mol. The average molecular weight is 271 g/mol. The van der Waals surface area contributed by atoms with E-state index in [0.717, 1.165) is 19.4 Å². The van der Waals surface area contributed by atoms with Gasteiger partial charge in [0.25, 0.3) is 0 Å². The smallest absolute Gasteiger partial charge is 0.381 e. The van der Waals surface area contributed by atoms with E-state index in [1.165, 1.54) is 0 Å². The van der Waals surface area contributed by atoms with Crippen LogP contribution in [0.25, 0.3) is 0 Å². The normalized spacial score (nSPS) is 26.1. The van der Waals surface area contributed by atoms with Crippen LogP contribution in [0.3, 0.4) is 0 Å². The van der Waals surface area contributed by atoms with Gasteiger partial charge in [0.05, 0.1) is 6.61 Å². The third-order valence-corrected chi connectivity index (χ3v) is 3.65. The lowest BCUT2D eigenvalue weighted by Gasteiger charge is -2.32. The summed E-state index contributed by atoms with van der Waals surface area (Å²) in [5.74, 6) is 0.340. The van der Waals surface area contributed by atoms with E-state index in [2.05, 4.69) is 12.2 Å². The second-order valence-electron chi connectivity index (χ2n) is 4.27. The summed E-state index contributed by atoms with van der Waals surface area (Å²) in [5, 5.41) is 3.40. The van der Waals surface area contributed by atoms with Crippen LogP contribution in [0.4, 0.5) is 13.2 Å². The van der Waals surface area contributed by atoms with Crippen molar-refractivity contribution in [1.29, 1.82) is 0 Å². The van der Waals surface area contributed by atoms with Gasteiger partial charge in [-0.3, -0.25) is 0 Å². The minimum absolute atomic E-state index is 0.0698. The van der Waals surface area contributed by atoms with Crippen molar-refractivity contribution in [2.24, 2.45) is 5.92 Å². The zero-order chi connectivity index (χ0) is 12.7. The molecule has 2 nitrogen and oxygen atoms in total. The molecule has 0 radical (unpaired) electrons. The highest BCUT2D eigenvalue weighted by atomic mass is 32.2. The van der Waals surface area contributed by atoms with Gasteiger partial charge in [0.15, 0.2) is 0 Å². The van der Waals surface area contributed by atoms with Crippen LogP contribution in [0, 0.1) is 5.92 Å². The van der Waals surface area contributed by atoms with Gasteiger partial charge in [-0.25, -0.2) is 0 Å². The number of hydrogen-bond donors (Lipinski definition) is 1. The zero-order valence-corrected chi connectivity index (χ0v) is 10.9. The average Bonchev–Trinajstić information content (AvgIpc) is 2.26. The summed E-state index contributed by atoms with van der Waals surface area (Å²) in [6, 6.07) is 0.317. The van der Waals surface area contributed by atoms with E-state index in [4.69, 9.17) is 4.74 Å². The Hall–Kier alpha value is 0.0600. The molecule has 1 fully saturated rings. The fraction of sp³-hybridized carbons (Fsp3) is 1.00. The number of halogens is 3. The lowest BCUT2D eigenvalue weighted by atomic mass is 9.93. The van der Waals surface area contributed by atoms with E-state index < -0.39 is 5.51 Å². The maximum Gasteiger partial charge on any atom is 0.441 e. The van der Waals surface area contributed by atoms with E-state index >= 15 is 0 Å². The van der Waals surface area contributed by atoms with Crippen LogP contribution in [-0.2, 0) is 4.74 Å². The van der Waals surface area contributed by atoms with Gasteiger partial charge in [0, 0.05) is 18.4 Å². The van der Waals surface area contributed by atoms with E-state index in [-0.39, 0.29) is 23.4 Å². The highest BCUT2D eigenvalue weighted by molar-refractivity contribution is 8.00. The molecule has 1 aliphatic rings. The third-order valence-electron chi connectivity index (χ3n) is 2.89. The second-order valence-corrected chi connectivity index (χ2v) is 5.43. The number of rotatable bonds is 6. The quantitative estimate of drug-likeness (QED) is 0.802. The van der Waals surface area contributed by atoms with E-state index in [0.29, 0.717) is 25.7 Å². The van der Waals surface area contributed by atoms with Crippen molar-refractivity contribution < 1.29 is 17.9 Å². The molecule has 0 aliphatic carbocycles. The molecule has 0 bridgehead atoms. The predicted octanol–water partition coefficient (Wildman–Crippen LogP) is 3.03. The molecule has 1 saturated heterocycles. The first-order valence-electron chi connectivity index (χ1n) is 6.04. The molecule has 0 aromatic heterocycles. The summed E-state index contributed by atoms with van der Waals surface area (Å²) >= 11 is 0.0698. The number of thioether (sulfide) groups is 1. The van der Waals surface area contributed by atoms with Crippen LogP contribution >= 0.6 is 11.8 Å². The summed E-state index contributed by atoms with van der Waals surface area (Å²) in [6.45, 7) is 4.30. The third kappa shape index (κ3) is 6.52. The van der Waals surface area contributed by atoms with E-state index in [9.17, 15) is 13.2 Å². The van der Waals surface area contributed by atoms with Crippen molar-refractivity contribution in [3.8, 4) is 0 Å². The van der Waals surface area contributed by atoms with Crippen molar-refractivity contribution >= 4 is 11.8 Å². The zero-order valence-electron chi connectivity index (χ0n) is 10.1. The summed E-state index contributed by atoms with van der Waals surface area (Å²) < 4.78 is 41.4. The van der Waals surface area contributed by atoms with Gasteiger partial charge in [0.1, 0.15) is 0 Å². The Balaban J connectivity index is 2.27. The fourth-order valence-electron chi connectivity index (χ4n) is 2.01. The molecule has 1 aliphatic heterocycles. The lowest BCUT2D eigenvalue weighted by Crippen LogP contribution is -2.43. The number of alkyl halides is 3. The van der Waals surface area contributed by atoms with Crippen LogP contribution < -0.4 is 5.32 Å². The van der Waals surface area contributed by atoms with E-state index in [1.807, 2.05) is 0 Å². The maximum absolute atomic E-state index is 12.0. The molecule has 6 heteroatoms. The molecular formula is C11H20F3NOS. The minimum Gasteiger partial charge on any atom is -0.381 e. The molecule has 102 valence electrons. The van der Waals surface area contributed by atoms with Crippen molar-refractivity contribution in [3.05, 3.63) is 0 Å². The molecule has 2 unspecified atom stereocenters. The molecule has 0 saturated carbocycles. The Morgan fingerprint density at radius 3 is 2.82 bits per heavy atom. The fourth-order valence-corrected chi connectivity index (χ4v) is 2.66. The van der Waals surface area contributed by atoms with Crippen molar-refractivity contribution in [3.63, 3.8) is 0 Å². The molecule has 2 atom stereocenters. The Labute approximate surface area is 105 Å². The molecule has 1 heterocycles. The van der Waals surface area contributed by atoms with Gasteiger partial charge in [-0.05, 0) is 31.7 Å². The van der Waals surface area contributed by atoms with Crippen LogP contribution in [0.5, 0.6) is 0 Å². The molecule has 0 aromatic rings. The van der Waals surface area contributed by atoms with Crippen molar-refractivity contribution in [2.45, 2.75) is 37.7 Å². The first kappa shape index (κ1) is 15.1. The van der Waals surface area contributed by atoms with E-state index in [1.54, 1.807) is 0 Å². The molecule has 17 heavy (non-hydrogen) atoms. The second kappa shape index (κ2) is 7.48. The molecule has 0 amide bonds. The number of nitrogens with one attached hydrogen (secondary N) is 1. The number of ether oxygens (including phenoxy) is 1. The first-order chi connectivity index (χ1) is 8.03. The van der Waals surface area contributed by atoms with Gasteiger partial charge >= 0.3 is 5.51 Å². The Morgan fingerprint density at radius 2 is 2.18 bits per heavy atom. The van der Waals surface area contributed by atoms with Gasteiger partial charge < -0.3 is 10.1 Å². The van der Waals surface area contributed by atoms with Gasteiger partial charge in [0.2, 0.25) is 0 Å². The van der Waals surface area contributed by atoms with Crippen LogP contribution in [0.1, 0.15) is 26.2 Å². The summed E-state index contributed by atoms with van der Waals surface area (Å²) in [5.41, 5.74) is -4.11. The molecular weight excluding hydrogens is 251 g/mol. The van der Waals surface area contributed by atoms with Crippen molar-refractivity contribution in [1.82, 2.24) is 5.32 Å². The Morgan fingerprint density at radius 1 is 1.41 bits per heavy atom. The predicted molar refractivity (Wildman–Crippen MR) is 64.1 cm³/mol. The summed E-state index contributed by atoms with van der Waals surface area (Å²) in [7, 11) is 0. The summed E-state index contributed by atoms with van der Waals surface area (Å²) in [4.78, 5) is 0. The number of hydrogen-bond acceptors (Lipinski definition) is 3. The van der Waals surface area contributed by atoms with Gasteiger partial charge in [-0.2, -0.15) is 13.2 Å². The topological polar surface area (TPSA) is 21.3 Å². The Kier molecular flexibility index (Phi) is 6.66. The SMILES string of the molecule is CCCNC1CCOCC1CCSC(F)(F)F. The molecule has 1 rings (SSSR count). The molecule has 0 spiro atoms.